The molecule has 4 rings (SSSR count). The highest BCUT2D eigenvalue weighted by atomic mass is 32.1. The molecular formula is C25H23N3O5S. The first kappa shape index (κ1) is 23.1. The number of aromatic nitrogens is 2. The molecule has 1 aromatic heterocycles. The van der Waals surface area contributed by atoms with Crippen LogP contribution in [0.4, 0.5) is 0 Å². The van der Waals surface area contributed by atoms with Gasteiger partial charge in [-0.1, -0.05) is 12.1 Å². The van der Waals surface area contributed by atoms with E-state index in [9.17, 15) is 9.59 Å². The molecule has 174 valence electrons. The fraction of sp³-hybridized carbons (Fsp3) is 0.160. The van der Waals surface area contributed by atoms with E-state index < -0.39 is 0 Å². The maximum absolute atomic E-state index is 13.2. The van der Waals surface area contributed by atoms with E-state index in [1.54, 1.807) is 43.5 Å². The normalized spacial score (nSPS) is 10.7. The van der Waals surface area contributed by atoms with Gasteiger partial charge in [0.25, 0.3) is 11.5 Å². The molecule has 0 atom stereocenters. The third-order valence-electron chi connectivity index (χ3n) is 5.40. The molecule has 0 saturated carbocycles. The van der Waals surface area contributed by atoms with Gasteiger partial charge >= 0.3 is 0 Å². The second-order valence-electron chi connectivity index (χ2n) is 7.40. The number of nitrogens with one attached hydrogen (secondary N) is 2. The van der Waals surface area contributed by atoms with Gasteiger partial charge < -0.3 is 24.5 Å². The third kappa shape index (κ3) is 4.51. The van der Waals surface area contributed by atoms with Crippen molar-refractivity contribution in [2.45, 2.75) is 6.54 Å². The quantitative estimate of drug-likeness (QED) is 0.391. The largest absolute Gasteiger partial charge is 0.497 e. The topological polar surface area (TPSA) is 94.6 Å². The van der Waals surface area contributed by atoms with Crippen LogP contribution in [0.25, 0.3) is 16.6 Å². The lowest BCUT2D eigenvalue weighted by atomic mass is 10.1. The number of amides is 1. The molecule has 0 aliphatic heterocycles. The molecule has 4 aromatic rings. The van der Waals surface area contributed by atoms with Gasteiger partial charge in [-0.2, -0.15) is 0 Å². The highest BCUT2D eigenvalue weighted by Crippen LogP contribution is 2.29. The van der Waals surface area contributed by atoms with Gasteiger partial charge in [-0.25, -0.2) is 0 Å². The summed E-state index contributed by atoms with van der Waals surface area (Å²) in [6.07, 6.45) is 0. The Hall–Kier alpha value is -4.11. The van der Waals surface area contributed by atoms with Crippen molar-refractivity contribution in [3.8, 4) is 22.9 Å². The Balaban J connectivity index is 1.63. The summed E-state index contributed by atoms with van der Waals surface area (Å²) in [5.41, 5.74) is 2.05. The Kier molecular flexibility index (Phi) is 6.65. The smallest absolute Gasteiger partial charge is 0.266 e. The number of rotatable bonds is 7. The fourth-order valence-corrected chi connectivity index (χ4v) is 3.88. The average molecular weight is 478 g/mol. The zero-order valence-corrected chi connectivity index (χ0v) is 19.7. The van der Waals surface area contributed by atoms with Gasteiger partial charge in [0.05, 0.1) is 37.9 Å². The molecule has 0 aliphatic carbocycles. The molecule has 1 heterocycles. The second-order valence-corrected chi connectivity index (χ2v) is 7.79. The van der Waals surface area contributed by atoms with E-state index in [4.69, 9.17) is 26.4 Å². The molecule has 0 saturated heterocycles. The van der Waals surface area contributed by atoms with Crippen molar-refractivity contribution in [2.75, 3.05) is 21.3 Å². The molecule has 0 radical (unpaired) electrons. The van der Waals surface area contributed by atoms with E-state index in [1.165, 1.54) is 18.8 Å². The maximum atomic E-state index is 13.2. The fourth-order valence-electron chi connectivity index (χ4n) is 3.59. The minimum atomic E-state index is -0.309. The molecule has 0 unspecified atom stereocenters. The Labute approximate surface area is 200 Å². The van der Waals surface area contributed by atoms with Crippen LogP contribution in [-0.4, -0.2) is 36.8 Å². The lowest BCUT2D eigenvalue weighted by Crippen LogP contribution is -2.24. The number of benzene rings is 3. The van der Waals surface area contributed by atoms with Gasteiger partial charge in [-0.05, 0) is 60.2 Å². The Morgan fingerprint density at radius 1 is 0.941 bits per heavy atom. The predicted octanol–water partition coefficient (Wildman–Crippen LogP) is 4.00. The molecule has 8 nitrogen and oxygen atoms in total. The summed E-state index contributed by atoms with van der Waals surface area (Å²) >= 11 is 5.46. The summed E-state index contributed by atoms with van der Waals surface area (Å²) in [4.78, 5) is 29.0. The number of H-pyrrole nitrogens is 1. The van der Waals surface area contributed by atoms with Crippen LogP contribution in [0.1, 0.15) is 15.9 Å². The summed E-state index contributed by atoms with van der Waals surface area (Å²) in [6, 6.07) is 17.4. The molecular weight excluding hydrogens is 454 g/mol. The Bertz CT molecular complexity index is 1480. The summed E-state index contributed by atoms with van der Waals surface area (Å²) in [7, 11) is 4.66. The standard InChI is InChI=1S/C25H23N3O5S/c1-31-18-8-4-15(5-9-18)14-26-23(29)16-6-10-19-20(12-16)27-25(34)28(24(19)30)17-7-11-21(32-2)22(13-17)33-3/h4-13H,14H2,1-3H3,(H,26,29)(H,27,34). The maximum Gasteiger partial charge on any atom is 0.266 e. The number of methoxy groups -OCH3 is 3. The monoisotopic (exact) mass is 477 g/mol. The summed E-state index contributed by atoms with van der Waals surface area (Å²) in [5.74, 6) is 1.50. The van der Waals surface area contributed by atoms with Crippen LogP contribution in [0.3, 0.4) is 0 Å². The van der Waals surface area contributed by atoms with Crippen LogP contribution in [0.2, 0.25) is 0 Å². The van der Waals surface area contributed by atoms with Crippen molar-refractivity contribution in [3.63, 3.8) is 0 Å². The first-order chi connectivity index (χ1) is 16.4. The molecule has 0 fully saturated rings. The molecule has 1 amide bonds. The number of nitrogens with zero attached hydrogens (tertiary/aromatic N) is 1. The number of fused-ring (bicyclic) bond motifs is 1. The van der Waals surface area contributed by atoms with Gasteiger partial charge in [-0.3, -0.25) is 14.2 Å². The van der Waals surface area contributed by atoms with E-state index in [0.717, 1.165) is 11.3 Å². The first-order valence-corrected chi connectivity index (χ1v) is 10.8. The van der Waals surface area contributed by atoms with E-state index >= 15 is 0 Å². The van der Waals surface area contributed by atoms with Crippen LogP contribution in [0.15, 0.2) is 65.5 Å². The van der Waals surface area contributed by atoms with Gasteiger partial charge in [0.1, 0.15) is 5.75 Å². The van der Waals surface area contributed by atoms with E-state index in [2.05, 4.69) is 10.3 Å². The second kappa shape index (κ2) is 9.80. The molecule has 34 heavy (non-hydrogen) atoms. The van der Waals surface area contributed by atoms with Crippen LogP contribution < -0.4 is 25.1 Å². The number of carbonyl (C=O) groups excluding carboxylic acids is 1. The van der Waals surface area contributed by atoms with E-state index in [-0.39, 0.29) is 16.2 Å². The van der Waals surface area contributed by atoms with Crippen molar-refractivity contribution >= 4 is 29.0 Å². The van der Waals surface area contributed by atoms with Crippen molar-refractivity contribution in [3.05, 3.63) is 86.9 Å². The van der Waals surface area contributed by atoms with Gasteiger partial charge in [0.15, 0.2) is 16.3 Å². The van der Waals surface area contributed by atoms with Crippen LogP contribution in [-0.2, 0) is 6.54 Å². The van der Waals surface area contributed by atoms with Crippen LogP contribution in [0, 0.1) is 4.77 Å². The Morgan fingerprint density at radius 3 is 2.35 bits per heavy atom. The zero-order valence-electron chi connectivity index (χ0n) is 18.9. The van der Waals surface area contributed by atoms with Crippen molar-refractivity contribution in [2.24, 2.45) is 0 Å². The number of carbonyl (C=O) groups is 1. The number of hydrogen-bond acceptors (Lipinski definition) is 6. The van der Waals surface area contributed by atoms with Gasteiger partial charge in [0, 0.05) is 18.2 Å². The van der Waals surface area contributed by atoms with E-state index in [0.29, 0.717) is 40.2 Å². The van der Waals surface area contributed by atoms with Gasteiger partial charge in [-0.15, -0.1) is 0 Å². The summed E-state index contributed by atoms with van der Waals surface area (Å²) in [6.45, 7) is 0.359. The first-order valence-electron chi connectivity index (χ1n) is 10.4. The third-order valence-corrected chi connectivity index (χ3v) is 5.68. The molecule has 0 spiro atoms. The van der Waals surface area contributed by atoms with E-state index in [1.807, 2.05) is 24.3 Å². The summed E-state index contributed by atoms with van der Waals surface area (Å²) in [5, 5.41) is 3.28. The SMILES string of the molecule is COc1ccc(CNC(=O)c2ccc3c(=O)n(-c4ccc(OC)c(OC)c4)c(=S)[nH]c3c2)cc1. The Morgan fingerprint density at radius 2 is 1.68 bits per heavy atom. The number of aromatic amines is 1. The van der Waals surface area contributed by atoms with Crippen LogP contribution >= 0.6 is 12.2 Å². The summed E-state index contributed by atoms with van der Waals surface area (Å²) < 4.78 is 17.3. The van der Waals surface area contributed by atoms with Crippen molar-refractivity contribution in [1.29, 1.82) is 0 Å². The van der Waals surface area contributed by atoms with Gasteiger partial charge in [0.2, 0.25) is 0 Å². The lowest BCUT2D eigenvalue weighted by Gasteiger charge is -2.12. The minimum absolute atomic E-state index is 0.195. The van der Waals surface area contributed by atoms with Crippen molar-refractivity contribution in [1.82, 2.24) is 14.9 Å². The number of ether oxygens (including phenoxy) is 3. The highest BCUT2D eigenvalue weighted by Gasteiger charge is 2.13. The zero-order chi connectivity index (χ0) is 24.2. The predicted molar refractivity (Wildman–Crippen MR) is 132 cm³/mol. The highest BCUT2D eigenvalue weighted by molar-refractivity contribution is 7.71. The minimum Gasteiger partial charge on any atom is -0.497 e. The molecule has 3 aromatic carbocycles. The number of hydrogen-bond donors (Lipinski definition) is 2. The average Bonchev–Trinajstić information content (AvgIpc) is 2.87. The molecule has 0 bridgehead atoms. The molecule has 2 N–H and O–H groups in total. The van der Waals surface area contributed by atoms with Crippen molar-refractivity contribution < 1.29 is 19.0 Å². The molecule has 9 heteroatoms. The van der Waals surface area contributed by atoms with Crippen LogP contribution in [0.5, 0.6) is 17.2 Å². The lowest BCUT2D eigenvalue weighted by molar-refractivity contribution is 0.0951. The molecule has 0 aliphatic rings.